The first kappa shape index (κ1) is 11.7. The van der Waals surface area contributed by atoms with Crippen LogP contribution in [0.1, 0.15) is 23.5 Å². The number of aromatic hydroxyl groups is 2. The van der Waals surface area contributed by atoms with Crippen molar-refractivity contribution in [1.29, 1.82) is 0 Å². The number of aryl methyl sites for hydroxylation is 1. The molecule has 2 rings (SSSR count). The van der Waals surface area contributed by atoms with Crippen molar-refractivity contribution in [3.05, 3.63) is 28.8 Å². The van der Waals surface area contributed by atoms with E-state index in [9.17, 15) is 10.2 Å². The molecule has 90 valence electrons. The van der Waals surface area contributed by atoms with Crippen LogP contribution < -0.4 is 5.32 Å². The second-order valence-electron chi connectivity index (χ2n) is 3.74. The van der Waals surface area contributed by atoms with E-state index in [4.69, 9.17) is 0 Å². The fourth-order valence-corrected chi connectivity index (χ4v) is 2.19. The van der Waals surface area contributed by atoms with Crippen molar-refractivity contribution in [2.24, 2.45) is 0 Å². The molecule has 0 amide bonds. The lowest BCUT2D eigenvalue weighted by atomic mass is 10.1. The number of aromatic nitrogens is 2. The summed E-state index contributed by atoms with van der Waals surface area (Å²) in [6.07, 6.45) is 0. The molecule has 1 atom stereocenters. The Morgan fingerprint density at radius 1 is 1.29 bits per heavy atom. The van der Waals surface area contributed by atoms with Crippen LogP contribution in [0.5, 0.6) is 11.5 Å². The van der Waals surface area contributed by atoms with Crippen LogP contribution >= 0.6 is 11.3 Å². The Morgan fingerprint density at radius 2 is 2.06 bits per heavy atom. The molecule has 17 heavy (non-hydrogen) atoms. The Morgan fingerprint density at radius 3 is 2.65 bits per heavy atom. The highest BCUT2D eigenvalue weighted by Crippen LogP contribution is 2.30. The van der Waals surface area contributed by atoms with Crippen LogP contribution in [0.4, 0.5) is 5.13 Å². The lowest BCUT2D eigenvalue weighted by Crippen LogP contribution is -2.06. The van der Waals surface area contributed by atoms with E-state index in [1.165, 1.54) is 17.4 Å². The van der Waals surface area contributed by atoms with E-state index in [1.807, 2.05) is 13.8 Å². The van der Waals surface area contributed by atoms with Crippen molar-refractivity contribution in [3.8, 4) is 11.5 Å². The van der Waals surface area contributed by atoms with Gasteiger partial charge in [-0.1, -0.05) is 11.3 Å². The van der Waals surface area contributed by atoms with E-state index < -0.39 is 0 Å². The Bertz CT molecular complexity index is 527. The molecule has 6 heteroatoms. The van der Waals surface area contributed by atoms with Crippen LogP contribution in [-0.4, -0.2) is 20.4 Å². The van der Waals surface area contributed by atoms with Gasteiger partial charge < -0.3 is 15.5 Å². The molecule has 0 radical (unpaired) electrons. The molecule has 2 aromatic rings. The number of rotatable bonds is 3. The topological polar surface area (TPSA) is 78.3 Å². The fraction of sp³-hybridized carbons (Fsp3) is 0.273. The minimum Gasteiger partial charge on any atom is -0.508 e. The second-order valence-corrected chi connectivity index (χ2v) is 4.92. The summed E-state index contributed by atoms with van der Waals surface area (Å²) in [5.74, 6) is 0.108. The highest BCUT2D eigenvalue weighted by atomic mass is 32.1. The van der Waals surface area contributed by atoms with Gasteiger partial charge in [0.1, 0.15) is 16.5 Å². The first-order chi connectivity index (χ1) is 8.06. The van der Waals surface area contributed by atoms with Crippen LogP contribution in [0.15, 0.2) is 18.2 Å². The van der Waals surface area contributed by atoms with Gasteiger partial charge in [0.05, 0.1) is 6.04 Å². The Labute approximate surface area is 103 Å². The number of benzene rings is 1. The van der Waals surface area contributed by atoms with Gasteiger partial charge in [0.15, 0.2) is 0 Å². The van der Waals surface area contributed by atoms with Gasteiger partial charge in [0, 0.05) is 11.6 Å². The third kappa shape index (κ3) is 2.65. The average molecular weight is 251 g/mol. The van der Waals surface area contributed by atoms with Gasteiger partial charge >= 0.3 is 0 Å². The summed E-state index contributed by atoms with van der Waals surface area (Å²) in [5, 5.41) is 31.5. The van der Waals surface area contributed by atoms with Crippen molar-refractivity contribution < 1.29 is 10.2 Å². The van der Waals surface area contributed by atoms with Crippen molar-refractivity contribution in [2.75, 3.05) is 5.32 Å². The SMILES string of the molecule is Cc1nnc(NC(C)c2ccc(O)cc2O)s1. The molecule has 0 saturated carbocycles. The smallest absolute Gasteiger partial charge is 0.206 e. The summed E-state index contributed by atoms with van der Waals surface area (Å²) in [4.78, 5) is 0. The molecule has 3 N–H and O–H groups in total. The lowest BCUT2D eigenvalue weighted by molar-refractivity contribution is 0.444. The van der Waals surface area contributed by atoms with Crippen molar-refractivity contribution in [2.45, 2.75) is 19.9 Å². The number of phenols is 2. The number of hydrogen-bond donors (Lipinski definition) is 3. The number of nitrogens with one attached hydrogen (secondary N) is 1. The van der Waals surface area contributed by atoms with Gasteiger partial charge in [-0.2, -0.15) is 0 Å². The largest absolute Gasteiger partial charge is 0.508 e. The summed E-state index contributed by atoms with van der Waals surface area (Å²) in [6.45, 7) is 3.79. The predicted octanol–water partition coefficient (Wildman–Crippen LogP) is 2.43. The van der Waals surface area contributed by atoms with E-state index in [0.717, 1.165) is 5.01 Å². The maximum Gasteiger partial charge on any atom is 0.206 e. The van der Waals surface area contributed by atoms with E-state index in [-0.39, 0.29) is 17.5 Å². The lowest BCUT2D eigenvalue weighted by Gasteiger charge is -2.14. The zero-order chi connectivity index (χ0) is 12.4. The number of hydrogen-bond acceptors (Lipinski definition) is 6. The van der Waals surface area contributed by atoms with Crippen LogP contribution in [0, 0.1) is 6.92 Å². The summed E-state index contributed by atoms with van der Waals surface area (Å²) in [7, 11) is 0. The Hall–Kier alpha value is -1.82. The second kappa shape index (κ2) is 4.58. The van der Waals surface area contributed by atoms with Gasteiger partial charge in [-0.15, -0.1) is 10.2 Å². The molecule has 1 aromatic heterocycles. The summed E-state index contributed by atoms with van der Waals surface area (Å²) < 4.78 is 0. The van der Waals surface area contributed by atoms with Crippen LogP contribution in [0.2, 0.25) is 0 Å². The molecule has 0 fully saturated rings. The molecule has 0 saturated heterocycles. The first-order valence-electron chi connectivity index (χ1n) is 5.15. The highest BCUT2D eigenvalue weighted by molar-refractivity contribution is 7.15. The number of nitrogens with zero attached hydrogens (tertiary/aromatic N) is 2. The molecular formula is C11H13N3O2S. The van der Waals surface area contributed by atoms with E-state index in [1.54, 1.807) is 12.1 Å². The van der Waals surface area contributed by atoms with Gasteiger partial charge in [-0.3, -0.25) is 0 Å². The average Bonchev–Trinajstić information content (AvgIpc) is 2.63. The summed E-state index contributed by atoms with van der Waals surface area (Å²) in [5.41, 5.74) is 0.704. The maximum atomic E-state index is 9.71. The monoisotopic (exact) mass is 251 g/mol. The minimum atomic E-state index is -0.108. The molecule has 0 aliphatic heterocycles. The van der Waals surface area contributed by atoms with Gasteiger partial charge in [0.2, 0.25) is 5.13 Å². The molecule has 1 aromatic carbocycles. The molecule has 1 unspecified atom stereocenters. The van der Waals surface area contributed by atoms with E-state index in [0.29, 0.717) is 10.7 Å². The fourth-order valence-electron chi connectivity index (χ4n) is 1.52. The van der Waals surface area contributed by atoms with Gasteiger partial charge in [-0.25, -0.2) is 0 Å². The molecule has 1 heterocycles. The van der Waals surface area contributed by atoms with E-state index >= 15 is 0 Å². The van der Waals surface area contributed by atoms with Gasteiger partial charge in [0.25, 0.3) is 0 Å². The summed E-state index contributed by atoms with van der Waals surface area (Å²) in [6, 6.07) is 4.43. The van der Waals surface area contributed by atoms with Gasteiger partial charge in [-0.05, 0) is 26.0 Å². The van der Waals surface area contributed by atoms with Crippen LogP contribution in [0.25, 0.3) is 0 Å². The van der Waals surface area contributed by atoms with Crippen LogP contribution in [0.3, 0.4) is 0 Å². The summed E-state index contributed by atoms with van der Waals surface area (Å²) >= 11 is 1.46. The first-order valence-corrected chi connectivity index (χ1v) is 5.96. The maximum absolute atomic E-state index is 9.71. The quantitative estimate of drug-likeness (QED) is 0.781. The zero-order valence-electron chi connectivity index (χ0n) is 9.51. The Kier molecular flexibility index (Phi) is 3.14. The molecule has 5 nitrogen and oxygen atoms in total. The van der Waals surface area contributed by atoms with Crippen molar-refractivity contribution >= 4 is 16.5 Å². The Balaban J connectivity index is 2.17. The normalized spacial score (nSPS) is 12.4. The number of anilines is 1. The third-order valence-electron chi connectivity index (χ3n) is 2.35. The third-order valence-corrected chi connectivity index (χ3v) is 3.12. The van der Waals surface area contributed by atoms with Crippen LogP contribution in [-0.2, 0) is 0 Å². The molecule has 0 bridgehead atoms. The zero-order valence-corrected chi connectivity index (χ0v) is 10.3. The van der Waals surface area contributed by atoms with Crippen molar-refractivity contribution in [1.82, 2.24) is 10.2 Å². The predicted molar refractivity (Wildman–Crippen MR) is 66.5 cm³/mol. The standard InChI is InChI=1S/C11H13N3O2S/c1-6(12-11-14-13-7(2)17-11)9-4-3-8(15)5-10(9)16/h3-6,15-16H,1-2H3,(H,12,14). The highest BCUT2D eigenvalue weighted by Gasteiger charge is 2.12. The molecular weight excluding hydrogens is 238 g/mol. The molecule has 0 aliphatic carbocycles. The van der Waals surface area contributed by atoms with Crippen molar-refractivity contribution in [3.63, 3.8) is 0 Å². The molecule has 0 spiro atoms. The number of phenolic OH excluding ortho intramolecular Hbond substituents is 2. The minimum absolute atomic E-state index is 0.0465. The van der Waals surface area contributed by atoms with E-state index in [2.05, 4.69) is 15.5 Å². The molecule has 0 aliphatic rings.